The smallest absolute Gasteiger partial charge is 0.0622 e. The summed E-state index contributed by atoms with van der Waals surface area (Å²) < 4.78 is 2.07. The van der Waals surface area contributed by atoms with Gasteiger partial charge in [0.2, 0.25) is 0 Å². The van der Waals surface area contributed by atoms with Crippen LogP contribution < -0.4 is 5.73 Å². The lowest BCUT2D eigenvalue weighted by Crippen LogP contribution is -1.96. The minimum Gasteiger partial charge on any atom is -0.354 e. The van der Waals surface area contributed by atoms with E-state index in [0.717, 1.165) is 18.5 Å². The molecule has 0 spiro atoms. The van der Waals surface area contributed by atoms with Crippen molar-refractivity contribution in [3.8, 4) is 6.07 Å². The molecule has 0 aromatic carbocycles. The Bertz CT molecular complexity index is 270. The molecule has 1 heterocycles. The molecule has 2 N–H and O–H groups in total. The van der Waals surface area contributed by atoms with Crippen LogP contribution >= 0.6 is 0 Å². The zero-order valence-electron chi connectivity index (χ0n) is 7.03. The van der Waals surface area contributed by atoms with Crippen LogP contribution in [-0.4, -0.2) is 4.57 Å². The number of aromatic nitrogens is 1. The van der Waals surface area contributed by atoms with Crippen molar-refractivity contribution in [3.63, 3.8) is 0 Å². The molecule has 3 heteroatoms. The molecule has 0 atom stereocenters. The number of hydrogen-bond acceptors (Lipinski definition) is 2. The van der Waals surface area contributed by atoms with Crippen molar-refractivity contribution in [2.24, 2.45) is 5.73 Å². The van der Waals surface area contributed by atoms with Gasteiger partial charge in [0.15, 0.2) is 0 Å². The molecule has 0 amide bonds. The van der Waals surface area contributed by atoms with Gasteiger partial charge in [-0.2, -0.15) is 5.26 Å². The first kappa shape index (κ1) is 8.82. The highest BCUT2D eigenvalue weighted by Crippen LogP contribution is 2.01. The number of rotatable bonds is 4. The monoisotopic (exact) mass is 163 g/mol. The van der Waals surface area contributed by atoms with E-state index < -0.39 is 0 Å². The molecule has 12 heavy (non-hydrogen) atoms. The first-order valence-electron chi connectivity index (χ1n) is 4.08. The van der Waals surface area contributed by atoms with Crippen molar-refractivity contribution in [1.82, 2.24) is 4.57 Å². The van der Waals surface area contributed by atoms with Gasteiger partial charge in [0.25, 0.3) is 0 Å². The van der Waals surface area contributed by atoms with Gasteiger partial charge < -0.3 is 10.3 Å². The largest absolute Gasteiger partial charge is 0.354 e. The van der Waals surface area contributed by atoms with Gasteiger partial charge in [-0.05, 0) is 18.1 Å². The van der Waals surface area contributed by atoms with Gasteiger partial charge >= 0.3 is 0 Å². The van der Waals surface area contributed by atoms with Gasteiger partial charge in [0, 0.05) is 31.9 Å². The minimum absolute atomic E-state index is 0.589. The molecule has 1 aromatic rings. The van der Waals surface area contributed by atoms with Crippen LogP contribution in [0, 0.1) is 11.3 Å². The van der Waals surface area contributed by atoms with Gasteiger partial charge in [-0.25, -0.2) is 0 Å². The van der Waals surface area contributed by atoms with Gasteiger partial charge in [-0.1, -0.05) is 0 Å². The Kier molecular flexibility index (Phi) is 3.36. The zero-order valence-corrected chi connectivity index (χ0v) is 7.03. The highest BCUT2D eigenvalue weighted by molar-refractivity contribution is 5.09. The quantitative estimate of drug-likeness (QED) is 0.679. The second kappa shape index (κ2) is 4.58. The molecule has 0 fully saturated rings. The Hall–Kier alpha value is -1.27. The van der Waals surface area contributed by atoms with Gasteiger partial charge in [0.1, 0.15) is 0 Å². The van der Waals surface area contributed by atoms with E-state index in [1.54, 1.807) is 0 Å². The second-order valence-electron chi connectivity index (χ2n) is 2.72. The molecule has 1 rings (SSSR count). The number of nitrogens with zero attached hydrogens (tertiary/aromatic N) is 2. The SMILES string of the molecule is N#CCCCn1ccc(CN)c1. The van der Waals surface area contributed by atoms with E-state index in [2.05, 4.69) is 10.6 Å². The van der Waals surface area contributed by atoms with E-state index in [1.807, 2.05) is 18.5 Å². The highest BCUT2D eigenvalue weighted by Gasteiger charge is 1.93. The predicted octanol–water partition coefficient (Wildman–Crippen LogP) is 1.25. The molecule has 1 aromatic heterocycles. The third-order valence-corrected chi connectivity index (χ3v) is 1.75. The van der Waals surface area contributed by atoms with Crippen molar-refractivity contribution >= 4 is 0 Å². The van der Waals surface area contributed by atoms with Crippen molar-refractivity contribution in [3.05, 3.63) is 24.0 Å². The van der Waals surface area contributed by atoms with E-state index >= 15 is 0 Å². The maximum absolute atomic E-state index is 8.32. The van der Waals surface area contributed by atoms with Gasteiger partial charge in [-0.3, -0.25) is 0 Å². The number of unbranched alkanes of at least 4 members (excludes halogenated alkanes) is 1. The molecule has 0 radical (unpaired) electrons. The number of nitriles is 1. The van der Waals surface area contributed by atoms with Crippen molar-refractivity contribution < 1.29 is 0 Å². The summed E-state index contributed by atoms with van der Waals surface area (Å²) in [6.45, 7) is 1.50. The second-order valence-corrected chi connectivity index (χ2v) is 2.72. The first-order chi connectivity index (χ1) is 5.86. The van der Waals surface area contributed by atoms with Crippen LogP contribution in [0.25, 0.3) is 0 Å². The fourth-order valence-corrected chi connectivity index (χ4v) is 1.09. The van der Waals surface area contributed by atoms with Crippen LogP contribution in [0.2, 0.25) is 0 Å². The molecular formula is C9H13N3. The summed E-state index contributed by atoms with van der Waals surface area (Å²) in [6.07, 6.45) is 5.56. The number of nitrogens with two attached hydrogens (primary N) is 1. The van der Waals surface area contributed by atoms with E-state index in [1.165, 1.54) is 0 Å². The molecule has 0 unspecified atom stereocenters. The fraction of sp³-hybridized carbons (Fsp3) is 0.444. The summed E-state index contributed by atoms with van der Waals surface area (Å²) in [6, 6.07) is 4.13. The van der Waals surface area contributed by atoms with Crippen LogP contribution in [-0.2, 0) is 13.1 Å². The van der Waals surface area contributed by atoms with Gasteiger partial charge in [0.05, 0.1) is 6.07 Å². The Morgan fingerprint density at radius 2 is 2.42 bits per heavy atom. The highest BCUT2D eigenvalue weighted by atomic mass is 14.9. The molecule has 64 valence electrons. The normalized spacial score (nSPS) is 9.67. The topological polar surface area (TPSA) is 54.7 Å². The van der Waals surface area contributed by atoms with Crippen LogP contribution in [0.5, 0.6) is 0 Å². The fourth-order valence-electron chi connectivity index (χ4n) is 1.09. The molecule has 0 bridgehead atoms. The van der Waals surface area contributed by atoms with E-state index in [4.69, 9.17) is 11.0 Å². The molecule has 0 aliphatic rings. The molecule has 0 aliphatic heterocycles. The van der Waals surface area contributed by atoms with E-state index in [-0.39, 0.29) is 0 Å². The van der Waals surface area contributed by atoms with E-state index in [9.17, 15) is 0 Å². The lowest BCUT2D eigenvalue weighted by atomic mass is 10.3. The summed E-state index contributed by atoms with van der Waals surface area (Å²) in [7, 11) is 0. The van der Waals surface area contributed by atoms with Crippen molar-refractivity contribution in [2.45, 2.75) is 25.9 Å². The standard InChI is InChI=1S/C9H13N3/c10-4-1-2-5-12-6-3-9(7-11)8-12/h3,6,8H,1-2,5,7,11H2. The van der Waals surface area contributed by atoms with Crippen LogP contribution in [0.15, 0.2) is 18.5 Å². The number of aryl methyl sites for hydroxylation is 1. The lowest BCUT2D eigenvalue weighted by Gasteiger charge is -1.98. The third kappa shape index (κ3) is 2.40. The summed E-state index contributed by atoms with van der Waals surface area (Å²) in [5, 5.41) is 8.32. The van der Waals surface area contributed by atoms with Crippen molar-refractivity contribution in [1.29, 1.82) is 5.26 Å². The Morgan fingerprint density at radius 1 is 1.58 bits per heavy atom. The Labute approximate surface area is 72.4 Å². The zero-order chi connectivity index (χ0) is 8.81. The Balaban J connectivity index is 2.37. The number of hydrogen-bond donors (Lipinski definition) is 1. The molecule has 0 aliphatic carbocycles. The minimum atomic E-state index is 0.589. The third-order valence-electron chi connectivity index (χ3n) is 1.75. The maximum Gasteiger partial charge on any atom is 0.0622 e. The first-order valence-corrected chi connectivity index (χ1v) is 4.08. The predicted molar refractivity (Wildman–Crippen MR) is 47.2 cm³/mol. The summed E-state index contributed by atoms with van der Waals surface area (Å²) in [5.74, 6) is 0. The van der Waals surface area contributed by atoms with Crippen LogP contribution in [0.4, 0.5) is 0 Å². The molecule has 0 saturated heterocycles. The van der Waals surface area contributed by atoms with E-state index in [0.29, 0.717) is 13.0 Å². The van der Waals surface area contributed by atoms with Crippen LogP contribution in [0.3, 0.4) is 0 Å². The molecule has 0 saturated carbocycles. The maximum atomic E-state index is 8.32. The van der Waals surface area contributed by atoms with Crippen molar-refractivity contribution in [2.75, 3.05) is 0 Å². The summed E-state index contributed by atoms with van der Waals surface area (Å²) >= 11 is 0. The lowest BCUT2D eigenvalue weighted by molar-refractivity contribution is 0.655. The average Bonchev–Trinajstić information content (AvgIpc) is 2.53. The average molecular weight is 163 g/mol. The van der Waals surface area contributed by atoms with Gasteiger partial charge in [-0.15, -0.1) is 0 Å². The molecular weight excluding hydrogens is 150 g/mol. The summed E-state index contributed by atoms with van der Waals surface area (Å²) in [5.41, 5.74) is 6.60. The molecule has 3 nitrogen and oxygen atoms in total. The Morgan fingerprint density at radius 3 is 3.00 bits per heavy atom. The summed E-state index contributed by atoms with van der Waals surface area (Å²) in [4.78, 5) is 0. The van der Waals surface area contributed by atoms with Crippen LogP contribution in [0.1, 0.15) is 18.4 Å².